The van der Waals surface area contributed by atoms with Crippen molar-refractivity contribution in [1.82, 2.24) is 4.90 Å². The number of methoxy groups -OCH3 is 1. The van der Waals surface area contributed by atoms with Crippen LogP contribution >= 0.6 is 15.9 Å². The average molecular weight is 398 g/mol. The molecule has 1 saturated carbocycles. The van der Waals surface area contributed by atoms with Gasteiger partial charge in [0.15, 0.2) is 8.32 Å². The lowest BCUT2D eigenvalue weighted by molar-refractivity contribution is -0.134. The molecule has 1 aliphatic heterocycles. The maximum Gasteiger partial charge on any atom is 0.229 e. The Balaban J connectivity index is 1.78. The summed E-state index contributed by atoms with van der Waals surface area (Å²) in [6.07, 6.45) is 0.925. The molecule has 0 unspecified atom stereocenters. The van der Waals surface area contributed by atoms with E-state index in [9.17, 15) is 4.79 Å². The standard InChI is InChI=1S/C17H24BrNO3Si/c1-21-12-7-5-11(6-8-12)10-19-15-14(18)9-13(17(19)20)16(15)22-23(2,3)4/h5-8,13-16H,9-10H2,1-4H3/t13-,14-,15+,16+/m0/s1. The second-order valence-electron chi connectivity index (χ2n) is 7.36. The van der Waals surface area contributed by atoms with Gasteiger partial charge >= 0.3 is 0 Å². The molecule has 0 N–H and O–H groups in total. The number of fused-ring (bicyclic) bond motifs is 2. The molecule has 4 nitrogen and oxygen atoms in total. The Labute approximate surface area is 147 Å². The van der Waals surface area contributed by atoms with Gasteiger partial charge in [0.05, 0.1) is 25.2 Å². The topological polar surface area (TPSA) is 38.8 Å². The van der Waals surface area contributed by atoms with Crippen LogP contribution < -0.4 is 4.74 Å². The number of likely N-dealkylation sites (tertiary alicyclic amines) is 1. The lowest BCUT2D eigenvalue weighted by Crippen LogP contribution is -2.45. The van der Waals surface area contributed by atoms with Gasteiger partial charge in [-0.05, 0) is 43.8 Å². The highest BCUT2D eigenvalue weighted by atomic mass is 79.9. The summed E-state index contributed by atoms with van der Waals surface area (Å²) in [5, 5.41) is 0. The molecule has 0 aromatic heterocycles. The number of carbonyl (C=O) groups is 1. The third-order valence-corrected chi connectivity index (χ3v) is 6.44. The number of halogens is 1. The zero-order valence-corrected chi connectivity index (χ0v) is 16.7. The van der Waals surface area contributed by atoms with Gasteiger partial charge in [-0.3, -0.25) is 4.79 Å². The molecule has 0 spiro atoms. The number of rotatable bonds is 5. The highest BCUT2D eigenvalue weighted by Gasteiger charge is 2.58. The van der Waals surface area contributed by atoms with Crippen molar-refractivity contribution >= 4 is 30.2 Å². The van der Waals surface area contributed by atoms with E-state index in [4.69, 9.17) is 9.16 Å². The minimum Gasteiger partial charge on any atom is -0.497 e. The van der Waals surface area contributed by atoms with E-state index in [-0.39, 0.29) is 24.0 Å². The molecule has 1 amide bonds. The molecule has 1 saturated heterocycles. The van der Waals surface area contributed by atoms with Crippen LogP contribution in [-0.4, -0.2) is 43.2 Å². The Morgan fingerprint density at radius 1 is 1.26 bits per heavy atom. The Hall–Kier alpha value is -0.853. The fourth-order valence-corrected chi connectivity index (χ4v) is 5.71. The Morgan fingerprint density at radius 2 is 1.91 bits per heavy atom. The molecule has 1 aromatic rings. The predicted octanol–water partition coefficient (Wildman–Crippen LogP) is 3.41. The summed E-state index contributed by atoms with van der Waals surface area (Å²) in [5.74, 6) is 1.08. The van der Waals surface area contributed by atoms with E-state index < -0.39 is 8.32 Å². The predicted molar refractivity (Wildman–Crippen MR) is 96.4 cm³/mol. The number of alkyl halides is 1. The zero-order valence-electron chi connectivity index (χ0n) is 14.1. The summed E-state index contributed by atoms with van der Waals surface area (Å²) in [4.78, 5) is 15.1. The SMILES string of the molecule is COc1ccc(CN2C(=O)[C@H]3C[C@H](Br)[C@@H]2[C@@H]3O[Si](C)(C)C)cc1. The van der Waals surface area contributed by atoms with E-state index in [0.29, 0.717) is 11.4 Å². The molecule has 1 aliphatic carbocycles. The van der Waals surface area contributed by atoms with Gasteiger partial charge < -0.3 is 14.1 Å². The smallest absolute Gasteiger partial charge is 0.229 e. The number of nitrogens with zero attached hydrogens (tertiary/aromatic N) is 1. The first-order valence-electron chi connectivity index (χ1n) is 8.05. The van der Waals surface area contributed by atoms with Crippen molar-refractivity contribution in [3.8, 4) is 5.75 Å². The van der Waals surface area contributed by atoms with E-state index in [1.54, 1.807) is 7.11 Å². The highest BCUT2D eigenvalue weighted by Crippen LogP contribution is 2.45. The molecule has 1 heterocycles. The molecule has 4 atom stereocenters. The Morgan fingerprint density at radius 3 is 2.48 bits per heavy atom. The molecule has 126 valence electrons. The van der Waals surface area contributed by atoms with E-state index in [1.165, 1.54) is 0 Å². The maximum absolute atomic E-state index is 12.8. The monoisotopic (exact) mass is 397 g/mol. The van der Waals surface area contributed by atoms with Crippen molar-refractivity contribution in [3.05, 3.63) is 29.8 Å². The normalized spacial score (nSPS) is 30.1. The Bertz CT molecular complexity index is 586. The molecule has 23 heavy (non-hydrogen) atoms. The fourth-order valence-electron chi connectivity index (χ4n) is 3.60. The summed E-state index contributed by atoms with van der Waals surface area (Å²) in [5.41, 5.74) is 1.12. The van der Waals surface area contributed by atoms with Crippen LogP contribution in [0, 0.1) is 5.92 Å². The number of amides is 1. The molecule has 3 rings (SSSR count). The molecule has 1 aromatic carbocycles. The first-order chi connectivity index (χ1) is 10.8. The third-order valence-electron chi connectivity index (χ3n) is 4.54. The second kappa shape index (κ2) is 6.22. The van der Waals surface area contributed by atoms with E-state index in [0.717, 1.165) is 17.7 Å². The van der Waals surface area contributed by atoms with E-state index >= 15 is 0 Å². The summed E-state index contributed by atoms with van der Waals surface area (Å²) in [6.45, 7) is 7.20. The molecule has 0 radical (unpaired) electrons. The Kier molecular flexibility index (Phi) is 4.59. The number of hydrogen-bond donors (Lipinski definition) is 0. The number of piperidine rings is 1. The van der Waals surface area contributed by atoms with Crippen LogP contribution in [0.2, 0.25) is 19.6 Å². The van der Waals surface area contributed by atoms with Crippen LogP contribution in [0.4, 0.5) is 0 Å². The van der Waals surface area contributed by atoms with Gasteiger partial charge in [-0.1, -0.05) is 28.1 Å². The molecule has 2 bridgehead atoms. The minimum absolute atomic E-state index is 0.00866. The third kappa shape index (κ3) is 3.34. The number of benzene rings is 1. The lowest BCUT2D eigenvalue weighted by Gasteiger charge is -2.32. The lowest BCUT2D eigenvalue weighted by atomic mass is 10.1. The van der Waals surface area contributed by atoms with Gasteiger partial charge in [-0.25, -0.2) is 0 Å². The van der Waals surface area contributed by atoms with Gasteiger partial charge in [-0.15, -0.1) is 0 Å². The summed E-state index contributed by atoms with van der Waals surface area (Å²) < 4.78 is 11.6. The van der Waals surface area contributed by atoms with Crippen molar-refractivity contribution in [2.45, 2.75) is 49.6 Å². The summed E-state index contributed by atoms with van der Waals surface area (Å²) in [6, 6.07) is 8.07. The zero-order chi connectivity index (χ0) is 16.8. The van der Waals surface area contributed by atoms with E-state index in [2.05, 4.69) is 35.6 Å². The van der Waals surface area contributed by atoms with Crippen molar-refractivity contribution in [3.63, 3.8) is 0 Å². The van der Waals surface area contributed by atoms with Crippen LogP contribution in [0.5, 0.6) is 5.75 Å². The first-order valence-corrected chi connectivity index (χ1v) is 12.4. The minimum atomic E-state index is -1.68. The van der Waals surface area contributed by atoms with Crippen LogP contribution in [-0.2, 0) is 15.8 Å². The first kappa shape index (κ1) is 17.0. The summed E-state index contributed by atoms with van der Waals surface area (Å²) in [7, 11) is -0.0169. The van der Waals surface area contributed by atoms with Crippen molar-refractivity contribution in [2.75, 3.05) is 7.11 Å². The van der Waals surface area contributed by atoms with E-state index in [1.807, 2.05) is 29.2 Å². The largest absolute Gasteiger partial charge is 0.497 e. The van der Waals surface area contributed by atoms with Crippen LogP contribution in [0.25, 0.3) is 0 Å². The second-order valence-corrected chi connectivity index (χ2v) is 13.0. The molecule has 2 fully saturated rings. The number of ether oxygens (including phenoxy) is 1. The number of carbonyl (C=O) groups excluding carboxylic acids is 1. The van der Waals surface area contributed by atoms with Crippen LogP contribution in [0.15, 0.2) is 24.3 Å². The average Bonchev–Trinajstić information content (AvgIpc) is 2.90. The van der Waals surface area contributed by atoms with Gasteiger partial charge in [0.1, 0.15) is 5.75 Å². The van der Waals surface area contributed by atoms with Crippen LogP contribution in [0.3, 0.4) is 0 Å². The van der Waals surface area contributed by atoms with Gasteiger partial charge in [0.2, 0.25) is 5.91 Å². The highest BCUT2D eigenvalue weighted by molar-refractivity contribution is 9.09. The van der Waals surface area contributed by atoms with Crippen molar-refractivity contribution in [2.24, 2.45) is 5.92 Å². The molecular formula is C17H24BrNO3Si. The maximum atomic E-state index is 12.8. The van der Waals surface area contributed by atoms with Crippen molar-refractivity contribution < 1.29 is 14.0 Å². The van der Waals surface area contributed by atoms with Crippen LogP contribution in [0.1, 0.15) is 12.0 Å². The molecular weight excluding hydrogens is 374 g/mol. The van der Waals surface area contributed by atoms with Gasteiger partial charge in [0, 0.05) is 11.4 Å². The molecule has 6 heteroatoms. The molecule has 2 aliphatic rings. The van der Waals surface area contributed by atoms with Gasteiger partial charge in [-0.2, -0.15) is 0 Å². The van der Waals surface area contributed by atoms with Crippen molar-refractivity contribution in [1.29, 1.82) is 0 Å². The van der Waals surface area contributed by atoms with Gasteiger partial charge in [0.25, 0.3) is 0 Å². The quantitative estimate of drug-likeness (QED) is 0.564. The fraction of sp³-hybridized carbons (Fsp3) is 0.588. The summed E-state index contributed by atoms with van der Waals surface area (Å²) >= 11 is 3.77. The number of hydrogen-bond acceptors (Lipinski definition) is 3.